The third-order valence-corrected chi connectivity index (χ3v) is 5.58. The fourth-order valence-electron chi connectivity index (χ4n) is 3.02. The highest BCUT2D eigenvalue weighted by Gasteiger charge is 2.31. The number of thiophene rings is 1. The van der Waals surface area contributed by atoms with Crippen LogP contribution < -0.4 is 5.43 Å². The second-order valence-corrected chi connectivity index (χ2v) is 8.04. The predicted octanol–water partition coefficient (Wildman–Crippen LogP) is 4.26. The monoisotopic (exact) mass is 330 g/mol. The Morgan fingerprint density at radius 1 is 1.48 bits per heavy atom. The van der Waals surface area contributed by atoms with E-state index in [4.69, 9.17) is 4.42 Å². The van der Waals surface area contributed by atoms with Gasteiger partial charge < -0.3 is 4.42 Å². The van der Waals surface area contributed by atoms with E-state index < -0.39 is 0 Å². The van der Waals surface area contributed by atoms with Gasteiger partial charge in [0, 0.05) is 10.3 Å². The smallest absolute Gasteiger partial charge is 0.272 e. The molecule has 2 aromatic rings. The van der Waals surface area contributed by atoms with Crippen LogP contribution in [0.1, 0.15) is 53.8 Å². The van der Waals surface area contributed by atoms with Crippen LogP contribution in [0.5, 0.6) is 0 Å². The first-order valence-corrected chi connectivity index (χ1v) is 8.79. The number of nitrogens with one attached hydrogen (secondary N) is 1. The SMILES string of the molecule is CC(C)(C)C1CCc2c(C(=O)NN=Cc3ccco3)csc2C1. The molecule has 1 aliphatic rings. The Morgan fingerprint density at radius 3 is 3.00 bits per heavy atom. The van der Waals surface area contributed by atoms with Crippen molar-refractivity contribution in [2.24, 2.45) is 16.4 Å². The quantitative estimate of drug-likeness (QED) is 0.675. The van der Waals surface area contributed by atoms with Crippen molar-refractivity contribution in [3.05, 3.63) is 45.5 Å². The molecule has 0 saturated carbocycles. The van der Waals surface area contributed by atoms with Gasteiger partial charge in [-0.1, -0.05) is 20.8 Å². The van der Waals surface area contributed by atoms with Crippen LogP contribution in [0.25, 0.3) is 0 Å². The summed E-state index contributed by atoms with van der Waals surface area (Å²) < 4.78 is 5.14. The van der Waals surface area contributed by atoms with Crippen molar-refractivity contribution in [3.8, 4) is 0 Å². The van der Waals surface area contributed by atoms with E-state index in [1.165, 1.54) is 16.7 Å². The average Bonchev–Trinajstić information content (AvgIpc) is 3.14. The number of hydrogen-bond acceptors (Lipinski definition) is 4. The first-order valence-electron chi connectivity index (χ1n) is 7.91. The van der Waals surface area contributed by atoms with E-state index in [9.17, 15) is 4.79 Å². The summed E-state index contributed by atoms with van der Waals surface area (Å²) >= 11 is 1.70. The predicted molar refractivity (Wildman–Crippen MR) is 93.1 cm³/mol. The molecule has 5 heteroatoms. The zero-order chi connectivity index (χ0) is 16.4. The van der Waals surface area contributed by atoms with E-state index in [1.54, 1.807) is 29.7 Å². The van der Waals surface area contributed by atoms with E-state index in [1.807, 2.05) is 5.38 Å². The van der Waals surface area contributed by atoms with Gasteiger partial charge in [-0.15, -0.1) is 11.3 Å². The molecule has 3 rings (SSSR count). The Balaban J connectivity index is 1.68. The molecule has 1 unspecified atom stereocenters. The standard InChI is InChI=1S/C18H22N2O2S/c1-18(2,3)12-6-7-14-15(11-23-16(14)9-12)17(21)20-19-10-13-5-4-8-22-13/h4-5,8,10-12H,6-7,9H2,1-3H3,(H,20,21). The van der Waals surface area contributed by atoms with Gasteiger partial charge in [0.2, 0.25) is 0 Å². The highest BCUT2D eigenvalue weighted by Crippen LogP contribution is 2.40. The van der Waals surface area contributed by atoms with E-state index >= 15 is 0 Å². The average molecular weight is 330 g/mol. The Kier molecular flexibility index (Phi) is 4.39. The lowest BCUT2D eigenvalue weighted by molar-refractivity contribution is 0.0954. The maximum atomic E-state index is 12.3. The van der Waals surface area contributed by atoms with Gasteiger partial charge >= 0.3 is 0 Å². The van der Waals surface area contributed by atoms with Crippen LogP contribution in [0.3, 0.4) is 0 Å². The minimum Gasteiger partial charge on any atom is -0.463 e. The molecule has 122 valence electrons. The third kappa shape index (κ3) is 3.55. The molecule has 0 saturated heterocycles. The molecule has 1 atom stereocenters. The molecule has 1 amide bonds. The van der Waals surface area contributed by atoms with Crippen molar-refractivity contribution in [1.82, 2.24) is 5.43 Å². The lowest BCUT2D eigenvalue weighted by Gasteiger charge is -2.33. The number of fused-ring (bicyclic) bond motifs is 1. The molecule has 0 aromatic carbocycles. The zero-order valence-corrected chi connectivity index (χ0v) is 14.6. The Hall–Kier alpha value is -1.88. The summed E-state index contributed by atoms with van der Waals surface area (Å²) in [5, 5.41) is 5.92. The molecular formula is C18H22N2O2S. The van der Waals surface area contributed by atoms with Gasteiger partial charge in [0.15, 0.2) is 0 Å². The first-order chi connectivity index (χ1) is 10.9. The molecule has 0 fully saturated rings. The normalized spacial score (nSPS) is 18.1. The number of carbonyl (C=O) groups excluding carboxylic acids is 1. The van der Waals surface area contributed by atoms with Crippen molar-refractivity contribution in [2.45, 2.75) is 40.0 Å². The maximum absolute atomic E-state index is 12.3. The largest absolute Gasteiger partial charge is 0.463 e. The van der Waals surface area contributed by atoms with E-state index in [0.29, 0.717) is 17.1 Å². The number of carbonyl (C=O) groups is 1. The highest BCUT2D eigenvalue weighted by molar-refractivity contribution is 7.10. The molecule has 0 bridgehead atoms. The summed E-state index contributed by atoms with van der Waals surface area (Å²) in [5.74, 6) is 1.16. The molecule has 0 aliphatic heterocycles. The summed E-state index contributed by atoms with van der Waals surface area (Å²) in [4.78, 5) is 13.7. The number of hydrazone groups is 1. The Morgan fingerprint density at radius 2 is 2.30 bits per heavy atom. The lowest BCUT2D eigenvalue weighted by Crippen LogP contribution is -2.27. The van der Waals surface area contributed by atoms with Crippen LogP contribution in [0, 0.1) is 11.3 Å². The summed E-state index contributed by atoms with van der Waals surface area (Å²) in [6.45, 7) is 6.90. The molecule has 1 N–H and O–H groups in total. The molecule has 23 heavy (non-hydrogen) atoms. The summed E-state index contributed by atoms with van der Waals surface area (Å²) in [7, 11) is 0. The highest BCUT2D eigenvalue weighted by atomic mass is 32.1. The van der Waals surface area contributed by atoms with Crippen LogP contribution >= 0.6 is 11.3 Å². The van der Waals surface area contributed by atoms with E-state index in [0.717, 1.165) is 24.8 Å². The van der Waals surface area contributed by atoms with Gasteiger partial charge in [-0.25, -0.2) is 5.43 Å². The number of hydrogen-bond donors (Lipinski definition) is 1. The molecule has 4 nitrogen and oxygen atoms in total. The lowest BCUT2D eigenvalue weighted by atomic mass is 9.72. The zero-order valence-electron chi connectivity index (χ0n) is 13.8. The summed E-state index contributed by atoms with van der Waals surface area (Å²) in [5.41, 5.74) is 4.89. The van der Waals surface area contributed by atoms with Gasteiger partial charge in [-0.2, -0.15) is 5.10 Å². The van der Waals surface area contributed by atoms with Gasteiger partial charge in [-0.3, -0.25) is 4.79 Å². The van der Waals surface area contributed by atoms with E-state index in [-0.39, 0.29) is 5.91 Å². The van der Waals surface area contributed by atoms with Crippen LogP contribution in [-0.2, 0) is 12.8 Å². The summed E-state index contributed by atoms with van der Waals surface area (Å²) in [6, 6.07) is 3.57. The first kappa shape index (κ1) is 16.0. The molecule has 2 aromatic heterocycles. The van der Waals surface area contributed by atoms with E-state index in [2.05, 4.69) is 31.3 Å². The van der Waals surface area contributed by atoms with Crippen molar-refractivity contribution in [3.63, 3.8) is 0 Å². The fraction of sp³-hybridized carbons (Fsp3) is 0.444. The second-order valence-electron chi connectivity index (χ2n) is 7.07. The molecule has 0 radical (unpaired) electrons. The van der Waals surface area contributed by atoms with Crippen LogP contribution in [0.4, 0.5) is 0 Å². The topological polar surface area (TPSA) is 54.6 Å². The minimum atomic E-state index is -0.139. The maximum Gasteiger partial charge on any atom is 0.272 e. The number of nitrogens with zero attached hydrogens (tertiary/aromatic N) is 1. The Labute approximate surface area is 140 Å². The van der Waals surface area contributed by atoms with Crippen LogP contribution in [0.2, 0.25) is 0 Å². The molecule has 1 aliphatic carbocycles. The van der Waals surface area contributed by atoms with Crippen molar-refractivity contribution < 1.29 is 9.21 Å². The van der Waals surface area contributed by atoms with Crippen LogP contribution in [-0.4, -0.2) is 12.1 Å². The number of amides is 1. The van der Waals surface area contributed by atoms with Gasteiger partial charge in [0.1, 0.15) is 5.76 Å². The van der Waals surface area contributed by atoms with Crippen molar-refractivity contribution in [2.75, 3.05) is 0 Å². The van der Waals surface area contributed by atoms with Crippen molar-refractivity contribution >= 4 is 23.5 Å². The van der Waals surface area contributed by atoms with Gasteiger partial charge in [0.05, 0.1) is 18.0 Å². The molecule has 2 heterocycles. The molecular weight excluding hydrogens is 308 g/mol. The minimum absolute atomic E-state index is 0.139. The van der Waals surface area contributed by atoms with Gasteiger partial charge in [0.25, 0.3) is 5.91 Å². The molecule has 0 spiro atoms. The summed E-state index contributed by atoms with van der Waals surface area (Å²) in [6.07, 6.45) is 6.28. The van der Waals surface area contributed by atoms with Crippen LogP contribution in [0.15, 0.2) is 33.3 Å². The van der Waals surface area contributed by atoms with Crippen molar-refractivity contribution in [1.29, 1.82) is 0 Å². The number of rotatable bonds is 3. The second kappa shape index (κ2) is 6.32. The Bertz CT molecular complexity index is 708. The fourth-order valence-corrected chi connectivity index (χ4v) is 4.18. The third-order valence-electron chi connectivity index (χ3n) is 4.53. The van der Waals surface area contributed by atoms with Gasteiger partial charge in [-0.05, 0) is 48.3 Å². The number of furan rings is 1.